The molecule has 0 aliphatic rings. The summed E-state index contributed by atoms with van der Waals surface area (Å²) in [6.07, 6.45) is -14.4. The summed E-state index contributed by atoms with van der Waals surface area (Å²) in [6, 6.07) is 0. The zero-order valence-electron chi connectivity index (χ0n) is 5.13. The third-order valence-electron chi connectivity index (χ3n) is 0.987. The normalized spacial score (nSPS) is 14.6. The second kappa shape index (κ2) is 2.60. The van der Waals surface area contributed by atoms with E-state index in [0.717, 1.165) is 0 Å². The number of rotatable bonds is 1. The van der Waals surface area contributed by atoms with Gasteiger partial charge in [-0.3, -0.25) is 4.79 Å². The number of hydrogen-bond donors (Lipinski definition) is 0. The fourth-order valence-corrected chi connectivity index (χ4v) is 0.294. The molecule has 0 radical (unpaired) electrons. The zero-order valence-corrected chi connectivity index (χ0v) is 5.13. The molecule has 8 heteroatoms. The summed E-state index contributed by atoms with van der Waals surface area (Å²) in [5.74, 6) is 0. The lowest BCUT2D eigenvalue weighted by Crippen LogP contribution is -2.54. The molecule has 0 spiro atoms. The van der Waals surface area contributed by atoms with Crippen molar-refractivity contribution in [3.8, 4) is 0 Å². The highest BCUT2D eigenvalue weighted by Crippen LogP contribution is 2.44. The Morgan fingerprint density at radius 2 is 1.00 bits per heavy atom. The predicted octanol–water partition coefficient (Wildman–Crippen LogP) is 2.02. The number of carbonyl (C=O) groups is 1. The first kappa shape index (κ1) is 11.2. The van der Waals surface area contributed by atoms with E-state index in [1.165, 1.54) is 0 Å². The Morgan fingerprint density at radius 3 is 1.00 bits per heavy atom. The van der Waals surface area contributed by atoms with Crippen molar-refractivity contribution in [3.05, 3.63) is 0 Å². The van der Waals surface area contributed by atoms with Crippen molar-refractivity contribution in [1.82, 2.24) is 0 Å². The Labute approximate surface area is 61.2 Å². The highest BCUT2D eigenvalue weighted by atomic mass is 19.4. The first-order valence-electron chi connectivity index (χ1n) is 2.35. The molecule has 0 atom stereocenters. The molecule has 0 saturated carbocycles. The van der Waals surface area contributed by atoms with Gasteiger partial charge in [-0.2, -0.15) is 26.3 Å². The van der Waals surface area contributed by atoms with Crippen LogP contribution in [0.1, 0.15) is 0 Å². The van der Waals surface area contributed by atoms with Crippen LogP contribution in [0.25, 0.3) is 0 Å². The van der Waals surface area contributed by atoms with E-state index in [0.29, 0.717) is 0 Å². The fraction of sp³-hybridized carbons (Fsp3) is 0.750. The average Bonchev–Trinajstić information content (AvgIpc) is 1.81. The van der Waals surface area contributed by atoms with E-state index in [2.05, 4.69) is 0 Å². The fourth-order valence-electron chi connectivity index (χ4n) is 0.294. The van der Waals surface area contributed by atoms with Crippen molar-refractivity contribution in [2.45, 2.75) is 18.0 Å². The molecule has 0 unspecified atom stereocenters. The van der Waals surface area contributed by atoms with Gasteiger partial charge in [0.15, 0.2) is 6.29 Å². The monoisotopic (exact) mass is 198 g/mol. The minimum atomic E-state index is -6.27. The van der Waals surface area contributed by atoms with Crippen LogP contribution in [0, 0.1) is 0 Å². The van der Waals surface area contributed by atoms with E-state index in [9.17, 15) is 35.5 Å². The maximum atomic E-state index is 11.9. The van der Waals surface area contributed by atoms with Crippen LogP contribution in [0.15, 0.2) is 0 Å². The van der Waals surface area contributed by atoms with Crippen LogP contribution in [0.2, 0.25) is 0 Å². The highest BCUT2D eigenvalue weighted by molar-refractivity contribution is 5.65. The largest absolute Gasteiger partial charge is 0.438 e. The molecular formula is C4HF7O. The maximum Gasteiger partial charge on any atom is 0.438 e. The van der Waals surface area contributed by atoms with Gasteiger partial charge < -0.3 is 0 Å². The smallest absolute Gasteiger partial charge is 0.299 e. The maximum absolute atomic E-state index is 11.9. The number of carbonyl (C=O) groups excluding carboxylic acids is 1. The minimum absolute atomic E-state index is 1.81. The van der Waals surface area contributed by atoms with E-state index in [1.807, 2.05) is 0 Å². The Morgan fingerprint density at radius 1 is 0.750 bits per heavy atom. The van der Waals surface area contributed by atoms with Crippen molar-refractivity contribution in [2.75, 3.05) is 0 Å². The second-order valence-electron chi connectivity index (χ2n) is 1.83. The first-order chi connectivity index (χ1) is 5.06. The first-order valence-corrected chi connectivity index (χ1v) is 2.35. The lowest BCUT2D eigenvalue weighted by Gasteiger charge is -2.24. The molecule has 0 aromatic carbocycles. The van der Waals surface area contributed by atoms with Gasteiger partial charge in [0.1, 0.15) is 0 Å². The van der Waals surface area contributed by atoms with Gasteiger partial charge in [-0.05, 0) is 0 Å². The molecule has 0 rings (SSSR count). The summed E-state index contributed by atoms with van der Waals surface area (Å²) in [7, 11) is 0. The van der Waals surface area contributed by atoms with Crippen LogP contribution in [0.5, 0.6) is 0 Å². The number of aldehydes is 1. The van der Waals surface area contributed by atoms with Gasteiger partial charge in [0.05, 0.1) is 0 Å². The third-order valence-corrected chi connectivity index (χ3v) is 0.987. The molecule has 1 nitrogen and oxygen atoms in total. The van der Waals surface area contributed by atoms with Crippen LogP contribution >= 0.6 is 0 Å². The van der Waals surface area contributed by atoms with Crippen LogP contribution in [0.4, 0.5) is 30.7 Å². The molecule has 12 heavy (non-hydrogen) atoms. The minimum Gasteiger partial charge on any atom is -0.299 e. The molecule has 0 aliphatic carbocycles. The summed E-state index contributed by atoms with van der Waals surface area (Å²) in [6.45, 7) is 0. The summed E-state index contributed by atoms with van der Waals surface area (Å²) in [5, 5.41) is 0. The van der Waals surface area contributed by atoms with Crippen molar-refractivity contribution < 1.29 is 35.5 Å². The molecule has 0 heterocycles. The van der Waals surface area contributed by atoms with Gasteiger partial charge in [-0.1, -0.05) is 0 Å². The Balaban J connectivity index is 5.09. The molecule has 0 amide bonds. The van der Waals surface area contributed by atoms with Gasteiger partial charge in [-0.25, -0.2) is 4.39 Å². The highest BCUT2D eigenvalue weighted by Gasteiger charge is 2.73. The van der Waals surface area contributed by atoms with Crippen LogP contribution in [0.3, 0.4) is 0 Å². The number of hydrogen-bond acceptors (Lipinski definition) is 1. The molecule has 0 N–H and O–H groups in total. The molecule has 0 bridgehead atoms. The molecule has 72 valence electrons. The van der Waals surface area contributed by atoms with Crippen LogP contribution in [-0.2, 0) is 4.79 Å². The topological polar surface area (TPSA) is 17.1 Å². The van der Waals surface area contributed by atoms with Gasteiger partial charge in [0.25, 0.3) is 0 Å². The Kier molecular flexibility index (Phi) is 2.42. The number of halogens is 7. The van der Waals surface area contributed by atoms with E-state index in [-0.39, 0.29) is 0 Å². The SMILES string of the molecule is O=CC(F)(C(F)(F)F)C(F)(F)F. The summed E-state index contributed by atoms with van der Waals surface area (Å²) < 4.78 is 79.6. The van der Waals surface area contributed by atoms with Crippen molar-refractivity contribution in [2.24, 2.45) is 0 Å². The van der Waals surface area contributed by atoms with Crippen molar-refractivity contribution in [1.29, 1.82) is 0 Å². The summed E-state index contributed by atoms with van der Waals surface area (Å²) in [4.78, 5) is 9.31. The molecule has 0 aliphatic heterocycles. The quantitative estimate of drug-likeness (QED) is 0.465. The van der Waals surface area contributed by atoms with Crippen LogP contribution in [-0.4, -0.2) is 24.3 Å². The summed E-state index contributed by atoms with van der Waals surface area (Å²) in [5.41, 5.74) is -5.76. The zero-order chi connectivity index (χ0) is 10.2. The van der Waals surface area contributed by atoms with E-state index >= 15 is 0 Å². The number of alkyl halides is 7. The van der Waals surface area contributed by atoms with Gasteiger partial charge >= 0.3 is 18.0 Å². The molecule has 0 aromatic heterocycles. The van der Waals surface area contributed by atoms with Gasteiger partial charge in [0.2, 0.25) is 0 Å². The second-order valence-corrected chi connectivity index (χ2v) is 1.83. The van der Waals surface area contributed by atoms with Gasteiger partial charge in [0, 0.05) is 0 Å². The Hall–Kier alpha value is -0.820. The van der Waals surface area contributed by atoms with E-state index < -0.39 is 24.3 Å². The Bertz CT molecular complexity index is 163. The van der Waals surface area contributed by atoms with Crippen molar-refractivity contribution in [3.63, 3.8) is 0 Å². The third kappa shape index (κ3) is 1.51. The standard InChI is InChI=1S/C4HF7O/c5-2(1-12,3(6,7)8)4(9,10)11/h1H. The molecule has 0 saturated heterocycles. The predicted molar refractivity (Wildman–Crippen MR) is 22.0 cm³/mol. The summed E-state index contributed by atoms with van der Waals surface area (Å²) >= 11 is 0. The van der Waals surface area contributed by atoms with Crippen molar-refractivity contribution >= 4 is 6.29 Å². The van der Waals surface area contributed by atoms with E-state index in [1.54, 1.807) is 0 Å². The van der Waals surface area contributed by atoms with Gasteiger partial charge in [-0.15, -0.1) is 0 Å². The van der Waals surface area contributed by atoms with E-state index in [4.69, 9.17) is 0 Å². The lowest BCUT2D eigenvalue weighted by atomic mass is 10.1. The lowest BCUT2D eigenvalue weighted by molar-refractivity contribution is -0.320. The molecular weight excluding hydrogens is 197 g/mol. The molecule has 0 fully saturated rings. The average molecular weight is 198 g/mol. The van der Waals surface area contributed by atoms with Crippen LogP contribution < -0.4 is 0 Å². The molecule has 0 aromatic rings.